The molecule has 3 heteroatoms. The molecule has 0 heterocycles. The average Bonchev–Trinajstić information content (AvgIpc) is 1.83. The minimum Gasteiger partial charge on any atom is -0.396 e. The van der Waals surface area contributed by atoms with E-state index in [9.17, 15) is 5.11 Å². The Morgan fingerprint density at radius 3 is 2.50 bits per heavy atom. The van der Waals surface area contributed by atoms with Gasteiger partial charge >= 0.3 is 0 Å². The van der Waals surface area contributed by atoms with E-state index >= 15 is 0 Å². The number of aliphatic hydroxyl groups is 1. The van der Waals surface area contributed by atoms with Crippen molar-refractivity contribution in [2.45, 2.75) is 0 Å². The highest BCUT2D eigenvalue weighted by molar-refractivity contribution is 4.50. The molecule has 0 bridgehead atoms. The Labute approximate surface area is 48.9 Å². The van der Waals surface area contributed by atoms with Gasteiger partial charge in [0.25, 0.3) is 0 Å². The lowest BCUT2D eigenvalue weighted by Crippen LogP contribution is -2.15. The number of aliphatic hydroxyl groups excluding tert-OH is 1. The quantitative estimate of drug-likeness (QED) is 0.551. The second-order valence-electron chi connectivity index (χ2n) is 1.67. The molecule has 1 N–H and O–H groups in total. The summed E-state index contributed by atoms with van der Waals surface area (Å²) < 4.78 is 4.63. The van der Waals surface area contributed by atoms with E-state index in [4.69, 9.17) is 5.11 Å². The van der Waals surface area contributed by atoms with Gasteiger partial charge < -0.3 is 9.84 Å². The SMILES string of the molecule is COCC(C[O])CO. The van der Waals surface area contributed by atoms with E-state index in [0.717, 1.165) is 0 Å². The van der Waals surface area contributed by atoms with Crippen LogP contribution in [-0.2, 0) is 9.84 Å². The Balaban J connectivity index is 3.07. The summed E-state index contributed by atoms with van der Waals surface area (Å²) >= 11 is 0. The van der Waals surface area contributed by atoms with Gasteiger partial charge in [0.1, 0.15) is 0 Å². The fourth-order valence-electron chi connectivity index (χ4n) is 0.389. The van der Waals surface area contributed by atoms with E-state index in [1.807, 2.05) is 0 Å². The predicted molar refractivity (Wildman–Crippen MR) is 28.0 cm³/mol. The van der Waals surface area contributed by atoms with Crippen molar-refractivity contribution in [3.8, 4) is 0 Å². The summed E-state index contributed by atoms with van der Waals surface area (Å²) in [6.07, 6.45) is 0. The van der Waals surface area contributed by atoms with Crippen LogP contribution < -0.4 is 0 Å². The maximum atomic E-state index is 10.0. The number of methoxy groups -OCH3 is 1. The van der Waals surface area contributed by atoms with Crippen LogP contribution in [0.1, 0.15) is 0 Å². The molecule has 0 aliphatic carbocycles. The van der Waals surface area contributed by atoms with Crippen molar-refractivity contribution < 1.29 is 14.9 Å². The summed E-state index contributed by atoms with van der Waals surface area (Å²) in [7, 11) is 1.51. The molecular formula is C5H11O3. The van der Waals surface area contributed by atoms with Crippen LogP contribution in [0.25, 0.3) is 0 Å². The largest absolute Gasteiger partial charge is 0.396 e. The molecule has 0 aromatic carbocycles. The van der Waals surface area contributed by atoms with E-state index in [1.54, 1.807) is 0 Å². The Kier molecular flexibility index (Phi) is 4.95. The second-order valence-corrected chi connectivity index (χ2v) is 1.67. The molecule has 3 nitrogen and oxygen atoms in total. The number of hydrogen-bond acceptors (Lipinski definition) is 2. The molecule has 0 rings (SSSR count). The molecule has 8 heavy (non-hydrogen) atoms. The minimum atomic E-state index is -0.260. The van der Waals surface area contributed by atoms with Crippen molar-refractivity contribution in [3.05, 3.63) is 0 Å². The van der Waals surface area contributed by atoms with Gasteiger partial charge in [-0.25, -0.2) is 5.11 Å². The summed E-state index contributed by atoms with van der Waals surface area (Å²) in [6, 6.07) is 0. The Morgan fingerprint density at radius 2 is 2.38 bits per heavy atom. The van der Waals surface area contributed by atoms with Gasteiger partial charge in [0.05, 0.1) is 19.8 Å². The van der Waals surface area contributed by atoms with Crippen LogP contribution in [0.4, 0.5) is 0 Å². The molecule has 1 unspecified atom stereocenters. The van der Waals surface area contributed by atoms with Crippen molar-refractivity contribution in [2.75, 3.05) is 26.9 Å². The summed E-state index contributed by atoms with van der Waals surface area (Å²) in [5.74, 6) is -0.222. The van der Waals surface area contributed by atoms with E-state index in [-0.39, 0.29) is 19.1 Å². The lowest BCUT2D eigenvalue weighted by atomic mass is 10.2. The van der Waals surface area contributed by atoms with Crippen molar-refractivity contribution >= 4 is 0 Å². The molecule has 0 fully saturated rings. The van der Waals surface area contributed by atoms with Crippen LogP contribution in [0, 0.1) is 5.92 Å². The van der Waals surface area contributed by atoms with E-state index in [1.165, 1.54) is 7.11 Å². The first kappa shape index (κ1) is 7.88. The van der Waals surface area contributed by atoms with Gasteiger partial charge in [-0.3, -0.25) is 0 Å². The zero-order chi connectivity index (χ0) is 6.41. The number of rotatable bonds is 4. The van der Waals surface area contributed by atoms with Gasteiger partial charge in [0.15, 0.2) is 0 Å². The molecule has 0 aromatic rings. The highest BCUT2D eigenvalue weighted by atomic mass is 16.5. The molecule has 0 aromatic heterocycles. The maximum Gasteiger partial charge on any atom is 0.0894 e. The number of ether oxygens (including phenoxy) is 1. The topological polar surface area (TPSA) is 49.4 Å². The van der Waals surface area contributed by atoms with Gasteiger partial charge in [-0.1, -0.05) is 0 Å². The second kappa shape index (κ2) is 5.03. The van der Waals surface area contributed by atoms with Crippen molar-refractivity contribution in [1.82, 2.24) is 0 Å². The lowest BCUT2D eigenvalue weighted by Gasteiger charge is -2.05. The van der Waals surface area contributed by atoms with Gasteiger partial charge in [-0.2, -0.15) is 0 Å². The van der Waals surface area contributed by atoms with Crippen LogP contribution in [0.15, 0.2) is 0 Å². The molecule has 0 saturated carbocycles. The van der Waals surface area contributed by atoms with Crippen LogP contribution >= 0.6 is 0 Å². The molecule has 0 aliphatic rings. The molecule has 1 atom stereocenters. The highest BCUT2D eigenvalue weighted by Gasteiger charge is 2.03. The Morgan fingerprint density at radius 1 is 1.75 bits per heavy atom. The Hall–Kier alpha value is -0.120. The van der Waals surface area contributed by atoms with E-state index < -0.39 is 0 Å². The normalized spacial score (nSPS) is 10.5. The minimum absolute atomic E-state index is 0.0721. The number of hydrogen-bond donors (Lipinski definition) is 1. The molecule has 0 spiro atoms. The summed E-state index contributed by atoms with van der Waals surface area (Å²) in [5, 5.41) is 18.4. The van der Waals surface area contributed by atoms with E-state index in [2.05, 4.69) is 4.74 Å². The van der Waals surface area contributed by atoms with Gasteiger partial charge in [-0.05, 0) is 0 Å². The average molecular weight is 119 g/mol. The summed E-state index contributed by atoms with van der Waals surface area (Å²) in [6.45, 7) is 0.0294. The van der Waals surface area contributed by atoms with Crippen molar-refractivity contribution in [3.63, 3.8) is 0 Å². The zero-order valence-corrected chi connectivity index (χ0v) is 4.96. The molecule has 49 valence electrons. The predicted octanol–water partition coefficient (Wildman–Crippen LogP) is -0.328. The third kappa shape index (κ3) is 2.96. The third-order valence-electron chi connectivity index (χ3n) is 0.896. The first-order chi connectivity index (χ1) is 3.85. The molecule has 0 aliphatic heterocycles. The zero-order valence-electron chi connectivity index (χ0n) is 4.96. The van der Waals surface area contributed by atoms with Crippen LogP contribution in [0.3, 0.4) is 0 Å². The molecule has 0 saturated heterocycles. The molecule has 1 radical (unpaired) electrons. The summed E-state index contributed by atoms with van der Waals surface area (Å²) in [4.78, 5) is 0. The third-order valence-corrected chi connectivity index (χ3v) is 0.896. The standard InChI is InChI=1S/C5H11O3/c1-8-4-5(2-6)3-7/h5-6H,2-4H2,1H3. The smallest absolute Gasteiger partial charge is 0.0894 e. The van der Waals surface area contributed by atoms with Crippen LogP contribution in [0.2, 0.25) is 0 Å². The van der Waals surface area contributed by atoms with Crippen LogP contribution in [-0.4, -0.2) is 32.0 Å². The Bertz CT molecular complexity index is 42.9. The van der Waals surface area contributed by atoms with E-state index in [0.29, 0.717) is 6.61 Å². The first-order valence-electron chi connectivity index (χ1n) is 2.53. The van der Waals surface area contributed by atoms with Crippen molar-refractivity contribution in [2.24, 2.45) is 5.92 Å². The van der Waals surface area contributed by atoms with Gasteiger partial charge in [0, 0.05) is 13.0 Å². The monoisotopic (exact) mass is 119 g/mol. The first-order valence-corrected chi connectivity index (χ1v) is 2.53. The van der Waals surface area contributed by atoms with Gasteiger partial charge in [-0.15, -0.1) is 0 Å². The highest BCUT2D eigenvalue weighted by Crippen LogP contribution is 1.91. The van der Waals surface area contributed by atoms with Crippen molar-refractivity contribution in [1.29, 1.82) is 0 Å². The summed E-state index contributed by atoms with van der Waals surface area (Å²) in [5.41, 5.74) is 0. The fourth-order valence-corrected chi connectivity index (χ4v) is 0.389. The molecular weight excluding hydrogens is 108 g/mol. The maximum absolute atomic E-state index is 10.0. The van der Waals surface area contributed by atoms with Crippen LogP contribution in [0.5, 0.6) is 0 Å². The lowest BCUT2D eigenvalue weighted by molar-refractivity contribution is 0.0451. The fraction of sp³-hybridized carbons (Fsp3) is 1.00. The molecule has 0 amide bonds. The van der Waals surface area contributed by atoms with Gasteiger partial charge in [0.2, 0.25) is 0 Å².